The summed E-state index contributed by atoms with van der Waals surface area (Å²) in [5.41, 5.74) is 2.68. The maximum absolute atomic E-state index is 11.0. The Morgan fingerprint density at radius 2 is 1.94 bits per heavy atom. The predicted molar refractivity (Wildman–Crippen MR) is 152 cm³/mol. The van der Waals surface area contributed by atoms with Gasteiger partial charge in [-0.1, -0.05) is 88.7 Å². The third-order valence-electron chi connectivity index (χ3n) is 5.32. The van der Waals surface area contributed by atoms with E-state index in [0.717, 1.165) is 62.4 Å². The minimum absolute atomic E-state index is 0.448. The van der Waals surface area contributed by atoms with Crippen molar-refractivity contribution in [1.29, 1.82) is 0 Å². The minimum atomic E-state index is 0.448. The van der Waals surface area contributed by atoms with Gasteiger partial charge in [0.25, 0.3) is 0 Å². The number of carbonyl (C=O) groups excluding carboxylic acids is 2. The molecule has 1 amide bonds. The maximum Gasteiger partial charge on any atom is 0.210 e. The molecule has 2 heterocycles. The monoisotopic (exact) mass is 519 g/mol. The van der Waals surface area contributed by atoms with E-state index in [1.54, 1.807) is 4.90 Å². The molecule has 2 aliphatic heterocycles. The second-order valence-corrected chi connectivity index (χ2v) is 8.34. The van der Waals surface area contributed by atoms with Gasteiger partial charge in [-0.15, -0.1) is 0 Å². The largest absolute Gasteiger partial charge is 0.378 e. The maximum atomic E-state index is 11.0. The van der Waals surface area contributed by atoms with E-state index in [1.165, 1.54) is 5.56 Å². The Kier molecular flexibility index (Phi) is 20.4. The second kappa shape index (κ2) is 21.8. The number of rotatable bonds is 7. The van der Waals surface area contributed by atoms with Crippen molar-refractivity contribution in [2.24, 2.45) is 0 Å². The highest BCUT2D eigenvalue weighted by atomic mass is 35.5. The normalized spacial score (nSPS) is 17.7. The molecule has 0 saturated carbocycles. The Morgan fingerprint density at radius 3 is 2.42 bits per heavy atom. The smallest absolute Gasteiger partial charge is 0.210 e. The van der Waals surface area contributed by atoms with Gasteiger partial charge >= 0.3 is 0 Å². The van der Waals surface area contributed by atoms with Gasteiger partial charge in [-0.3, -0.25) is 9.59 Å². The third kappa shape index (κ3) is 13.6. The quantitative estimate of drug-likeness (QED) is 0.287. The van der Waals surface area contributed by atoms with E-state index in [2.05, 4.69) is 31.8 Å². The molecule has 1 aromatic carbocycles. The highest BCUT2D eigenvalue weighted by Gasteiger charge is 2.20. The van der Waals surface area contributed by atoms with Crippen molar-refractivity contribution in [1.82, 2.24) is 15.1 Å². The summed E-state index contributed by atoms with van der Waals surface area (Å²) in [4.78, 5) is 25.1. The predicted octanol–water partition coefficient (Wildman–Crippen LogP) is 5.64. The van der Waals surface area contributed by atoms with Crippen LogP contribution in [0.25, 0.3) is 0 Å². The molecule has 6 nitrogen and oxygen atoms in total. The number of amides is 1. The second-order valence-electron chi connectivity index (χ2n) is 7.94. The van der Waals surface area contributed by atoms with Gasteiger partial charge < -0.3 is 19.9 Å². The Morgan fingerprint density at radius 1 is 1.22 bits per heavy atom. The number of hydrogen-bond donors (Lipinski definition) is 1. The number of morpholine rings is 1. The minimum Gasteiger partial charge on any atom is -0.378 e. The highest BCUT2D eigenvalue weighted by molar-refractivity contribution is 6.31. The molecule has 1 unspecified atom stereocenters. The summed E-state index contributed by atoms with van der Waals surface area (Å²) in [6, 6.07) is 8.36. The van der Waals surface area contributed by atoms with Gasteiger partial charge in [0.1, 0.15) is 0 Å². The Balaban J connectivity index is 0.000000524. The number of aryl methyl sites for hydroxylation is 1. The van der Waals surface area contributed by atoms with Crippen molar-refractivity contribution in [3.8, 4) is 0 Å². The molecule has 1 aromatic rings. The lowest BCUT2D eigenvalue weighted by molar-refractivity contribution is -0.118. The number of unbranched alkanes of at least 4 members (excludes halogenated alkanes) is 1. The lowest BCUT2D eigenvalue weighted by Gasteiger charge is -2.35. The summed E-state index contributed by atoms with van der Waals surface area (Å²) in [7, 11) is 0. The summed E-state index contributed by atoms with van der Waals surface area (Å²) < 4.78 is 5.22. The molecule has 3 rings (SSSR count). The van der Waals surface area contributed by atoms with Crippen LogP contribution >= 0.6 is 11.6 Å². The van der Waals surface area contributed by atoms with E-state index in [0.29, 0.717) is 31.4 Å². The van der Waals surface area contributed by atoms with Gasteiger partial charge in [-0.25, -0.2) is 0 Å². The summed E-state index contributed by atoms with van der Waals surface area (Å²) in [5.74, 6) is 0. The average molecular weight is 520 g/mol. The molecule has 1 atom stereocenters. The van der Waals surface area contributed by atoms with Crippen LogP contribution in [0.4, 0.5) is 0 Å². The molecule has 0 bridgehead atoms. The molecule has 2 saturated heterocycles. The fourth-order valence-corrected chi connectivity index (χ4v) is 3.70. The number of hydrogen-bond acceptors (Lipinski definition) is 5. The number of aldehydes is 1. The van der Waals surface area contributed by atoms with Crippen LogP contribution in [0.3, 0.4) is 0 Å². The summed E-state index contributed by atoms with van der Waals surface area (Å²) in [6.07, 6.45) is 10.7. The topological polar surface area (TPSA) is 61.9 Å². The lowest BCUT2D eigenvalue weighted by atomic mass is 10.2. The van der Waals surface area contributed by atoms with Crippen molar-refractivity contribution in [2.45, 2.75) is 59.9 Å². The number of piperazine rings is 1. The zero-order chi connectivity index (χ0) is 27.2. The highest BCUT2D eigenvalue weighted by Crippen LogP contribution is 2.16. The van der Waals surface area contributed by atoms with E-state index >= 15 is 0 Å². The van der Waals surface area contributed by atoms with Gasteiger partial charge in [0, 0.05) is 36.4 Å². The van der Waals surface area contributed by atoms with Crippen LogP contribution in [-0.4, -0.2) is 67.9 Å². The number of allylic oxidation sites excluding steroid dienone is 3. The first-order valence-corrected chi connectivity index (χ1v) is 13.4. The van der Waals surface area contributed by atoms with E-state index in [1.807, 2.05) is 62.1 Å². The molecular formula is C29H46ClN3O3. The van der Waals surface area contributed by atoms with Gasteiger partial charge in [0.15, 0.2) is 6.29 Å². The standard InChI is InChI=1S/C12H18N2O2.C8H9Cl.C7H13NO.C2H6/c1-3-4-5-12(9-15)14-7-6-13(10-16)8-11(14)2;1-2-7-5-3-4-6-8(7)9;1-2-3-7-6-9-5-4-8-7;1-2/h5,9-10H,2-4,6-8H2,1H3;3-6H,2H2,1H3;2-3,7-8H,4-6H2,1H3;1-2H3/b12-5-;;3-2+;. The van der Waals surface area contributed by atoms with E-state index in [-0.39, 0.29) is 0 Å². The van der Waals surface area contributed by atoms with Crippen molar-refractivity contribution in [3.63, 3.8) is 0 Å². The van der Waals surface area contributed by atoms with Gasteiger partial charge in [0.2, 0.25) is 6.41 Å². The molecule has 2 fully saturated rings. The van der Waals surface area contributed by atoms with Crippen LogP contribution in [0.1, 0.15) is 53.0 Å². The van der Waals surface area contributed by atoms with E-state index in [9.17, 15) is 9.59 Å². The number of halogens is 1. The van der Waals surface area contributed by atoms with Crippen molar-refractivity contribution in [3.05, 3.63) is 71.1 Å². The molecule has 7 heteroatoms. The van der Waals surface area contributed by atoms with Gasteiger partial charge in [-0.2, -0.15) is 0 Å². The number of nitrogens with zero attached hydrogens (tertiary/aromatic N) is 2. The number of ether oxygens (including phenoxy) is 1. The van der Waals surface area contributed by atoms with Crippen molar-refractivity contribution >= 4 is 24.3 Å². The lowest BCUT2D eigenvalue weighted by Crippen LogP contribution is -2.43. The molecule has 0 aliphatic carbocycles. The molecule has 1 N–H and O–H groups in total. The van der Waals surface area contributed by atoms with Crippen LogP contribution < -0.4 is 5.32 Å². The Labute approximate surface area is 224 Å². The summed E-state index contributed by atoms with van der Waals surface area (Å²) in [6.45, 7) is 18.5. The molecule has 36 heavy (non-hydrogen) atoms. The molecule has 0 radical (unpaired) electrons. The fraction of sp³-hybridized carbons (Fsp3) is 0.517. The van der Waals surface area contributed by atoms with Crippen LogP contribution in [-0.2, 0) is 20.7 Å². The van der Waals surface area contributed by atoms with E-state index < -0.39 is 0 Å². The number of benzene rings is 1. The van der Waals surface area contributed by atoms with Crippen LogP contribution in [0, 0.1) is 0 Å². The first-order valence-electron chi connectivity index (χ1n) is 13.0. The molecule has 2 aliphatic rings. The van der Waals surface area contributed by atoms with Crippen LogP contribution in [0.2, 0.25) is 5.02 Å². The third-order valence-corrected chi connectivity index (χ3v) is 5.68. The Hall–Kier alpha value is -2.41. The first kappa shape index (κ1) is 33.6. The molecule has 202 valence electrons. The van der Waals surface area contributed by atoms with Gasteiger partial charge in [0.05, 0.1) is 25.5 Å². The molecule has 0 aromatic heterocycles. The summed E-state index contributed by atoms with van der Waals surface area (Å²) >= 11 is 5.82. The zero-order valence-electron chi connectivity index (χ0n) is 22.8. The van der Waals surface area contributed by atoms with Crippen LogP contribution in [0.5, 0.6) is 0 Å². The van der Waals surface area contributed by atoms with Gasteiger partial charge in [-0.05, 0) is 31.4 Å². The number of nitrogens with one attached hydrogen (secondary N) is 1. The fourth-order valence-electron chi connectivity index (χ4n) is 3.43. The zero-order valence-corrected chi connectivity index (χ0v) is 23.6. The summed E-state index contributed by atoms with van der Waals surface area (Å²) in [5, 5.41) is 4.18. The van der Waals surface area contributed by atoms with Crippen LogP contribution in [0.15, 0.2) is 60.5 Å². The van der Waals surface area contributed by atoms with Crippen molar-refractivity contribution < 1.29 is 14.3 Å². The first-order chi connectivity index (χ1) is 17.5. The molecule has 0 spiro atoms. The van der Waals surface area contributed by atoms with E-state index in [4.69, 9.17) is 16.3 Å². The van der Waals surface area contributed by atoms with Crippen molar-refractivity contribution in [2.75, 3.05) is 39.4 Å². The average Bonchev–Trinajstić information content (AvgIpc) is 2.92. The number of carbonyl (C=O) groups is 2. The molecular weight excluding hydrogens is 474 g/mol. The SMILES string of the molecule is C/C=C/C1COCCN1.C=C1CN(C=O)CCN1/C(C=O)=C\CCC.CC.CCc1ccccc1Cl. The Bertz CT molecular complexity index is 805.